The zero-order valence-corrected chi connectivity index (χ0v) is 11.4. The fourth-order valence-corrected chi connectivity index (χ4v) is 4.59. The SMILES string of the molecule is CC1(C)CC(Cl)CCN(C2CCSC2)C1. The Labute approximate surface area is 103 Å². The Morgan fingerprint density at radius 1 is 1.33 bits per heavy atom. The van der Waals surface area contributed by atoms with E-state index in [1.165, 1.54) is 43.9 Å². The second kappa shape index (κ2) is 4.85. The summed E-state index contributed by atoms with van der Waals surface area (Å²) in [5.74, 6) is 2.69. The van der Waals surface area contributed by atoms with Gasteiger partial charge >= 0.3 is 0 Å². The van der Waals surface area contributed by atoms with Gasteiger partial charge in [-0.05, 0) is 37.0 Å². The van der Waals surface area contributed by atoms with Gasteiger partial charge in [0.15, 0.2) is 0 Å². The van der Waals surface area contributed by atoms with Crippen molar-refractivity contribution in [2.24, 2.45) is 5.41 Å². The molecule has 0 amide bonds. The molecule has 0 aromatic heterocycles. The average Bonchev–Trinajstić information content (AvgIpc) is 2.59. The Balaban J connectivity index is 1.99. The molecule has 1 nitrogen and oxygen atoms in total. The van der Waals surface area contributed by atoms with Gasteiger partial charge in [-0.1, -0.05) is 13.8 Å². The predicted molar refractivity (Wildman–Crippen MR) is 70.0 cm³/mol. The highest BCUT2D eigenvalue weighted by Crippen LogP contribution is 2.34. The maximum atomic E-state index is 6.35. The zero-order valence-electron chi connectivity index (χ0n) is 9.84. The second-order valence-corrected chi connectivity index (χ2v) is 7.51. The highest BCUT2D eigenvalue weighted by molar-refractivity contribution is 7.99. The summed E-state index contributed by atoms with van der Waals surface area (Å²) in [6.45, 7) is 7.18. The predicted octanol–water partition coefficient (Wildman–Crippen LogP) is 3.22. The molecule has 0 spiro atoms. The van der Waals surface area contributed by atoms with E-state index < -0.39 is 0 Å². The van der Waals surface area contributed by atoms with Crippen molar-refractivity contribution in [2.75, 3.05) is 24.6 Å². The maximum Gasteiger partial charge on any atom is 0.0353 e. The van der Waals surface area contributed by atoms with Crippen molar-refractivity contribution in [1.29, 1.82) is 0 Å². The summed E-state index contributed by atoms with van der Waals surface area (Å²) >= 11 is 8.45. The fourth-order valence-electron chi connectivity index (χ4n) is 2.82. The summed E-state index contributed by atoms with van der Waals surface area (Å²) in [5, 5.41) is 0.388. The molecule has 2 heterocycles. The van der Waals surface area contributed by atoms with Gasteiger partial charge in [-0.2, -0.15) is 11.8 Å². The van der Waals surface area contributed by atoms with Gasteiger partial charge in [0, 0.05) is 23.7 Å². The number of halogens is 1. The molecule has 88 valence electrons. The number of alkyl halides is 1. The van der Waals surface area contributed by atoms with E-state index in [1.807, 2.05) is 0 Å². The quantitative estimate of drug-likeness (QED) is 0.655. The normalized spacial score (nSPS) is 37.8. The number of likely N-dealkylation sites (tertiary alicyclic amines) is 1. The Hall–Kier alpha value is 0.600. The third-order valence-corrected chi connectivity index (χ3v) is 5.07. The first-order valence-corrected chi connectivity index (χ1v) is 7.62. The third kappa shape index (κ3) is 3.28. The van der Waals surface area contributed by atoms with Crippen molar-refractivity contribution in [3.8, 4) is 0 Å². The van der Waals surface area contributed by atoms with Crippen molar-refractivity contribution in [1.82, 2.24) is 4.90 Å². The van der Waals surface area contributed by atoms with Crippen molar-refractivity contribution in [3.63, 3.8) is 0 Å². The Bertz CT molecular complexity index is 214. The molecule has 2 saturated heterocycles. The van der Waals surface area contributed by atoms with Crippen LogP contribution in [0, 0.1) is 5.41 Å². The Morgan fingerprint density at radius 2 is 2.13 bits per heavy atom. The van der Waals surface area contributed by atoms with Crippen LogP contribution in [0.2, 0.25) is 0 Å². The first kappa shape index (κ1) is 12.1. The van der Waals surface area contributed by atoms with Gasteiger partial charge in [0.2, 0.25) is 0 Å². The van der Waals surface area contributed by atoms with E-state index in [-0.39, 0.29) is 0 Å². The van der Waals surface area contributed by atoms with Crippen LogP contribution in [0.5, 0.6) is 0 Å². The highest BCUT2D eigenvalue weighted by atomic mass is 35.5. The van der Waals surface area contributed by atoms with Gasteiger partial charge < -0.3 is 0 Å². The summed E-state index contributed by atoms with van der Waals surface area (Å²) in [6, 6.07) is 0.830. The molecular weight excluding hydrogens is 226 g/mol. The van der Waals surface area contributed by atoms with Gasteiger partial charge in [-0.25, -0.2) is 0 Å². The van der Waals surface area contributed by atoms with Gasteiger partial charge in [0.05, 0.1) is 0 Å². The molecule has 15 heavy (non-hydrogen) atoms. The standard InChI is InChI=1S/C12H22ClNS/c1-12(2)7-10(13)3-5-14(9-12)11-4-6-15-8-11/h10-11H,3-9H2,1-2H3. The lowest BCUT2D eigenvalue weighted by Gasteiger charge is -2.33. The van der Waals surface area contributed by atoms with Crippen LogP contribution < -0.4 is 0 Å². The molecule has 0 saturated carbocycles. The number of hydrogen-bond donors (Lipinski definition) is 0. The minimum atomic E-state index is 0.388. The Morgan fingerprint density at radius 3 is 2.80 bits per heavy atom. The van der Waals surface area contributed by atoms with Crippen LogP contribution in [0.25, 0.3) is 0 Å². The largest absolute Gasteiger partial charge is 0.299 e. The highest BCUT2D eigenvalue weighted by Gasteiger charge is 2.33. The summed E-state index contributed by atoms with van der Waals surface area (Å²) in [7, 11) is 0. The fraction of sp³-hybridized carbons (Fsp3) is 1.00. The molecule has 0 aliphatic carbocycles. The molecule has 0 bridgehead atoms. The lowest BCUT2D eigenvalue weighted by molar-refractivity contribution is 0.155. The van der Waals surface area contributed by atoms with Crippen LogP contribution in [0.4, 0.5) is 0 Å². The zero-order chi connectivity index (χ0) is 10.9. The summed E-state index contributed by atoms with van der Waals surface area (Å²) in [6.07, 6.45) is 3.73. The third-order valence-electron chi connectivity index (χ3n) is 3.56. The molecule has 2 aliphatic heterocycles. The van der Waals surface area contributed by atoms with E-state index in [0.29, 0.717) is 10.8 Å². The molecule has 0 aromatic carbocycles. The van der Waals surface area contributed by atoms with E-state index in [2.05, 4.69) is 30.5 Å². The molecule has 0 radical (unpaired) electrons. The molecule has 3 heteroatoms. The van der Waals surface area contributed by atoms with E-state index in [0.717, 1.165) is 6.04 Å². The van der Waals surface area contributed by atoms with Crippen LogP contribution >= 0.6 is 23.4 Å². The van der Waals surface area contributed by atoms with Gasteiger partial charge in [0.1, 0.15) is 0 Å². The van der Waals surface area contributed by atoms with Gasteiger partial charge in [-0.3, -0.25) is 4.90 Å². The molecule has 2 unspecified atom stereocenters. The first-order chi connectivity index (χ1) is 7.07. The number of rotatable bonds is 1. The van der Waals surface area contributed by atoms with Crippen LogP contribution in [0.3, 0.4) is 0 Å². The summed E-state index contributed by atoms with van der Waals surface area (Å²) < 4.78 is 0. The number of hydrogen-bond acceptors (Lipinski definition) is 2. The maximum absolute atomic E-state index is 6.35. The molecule has 2 fully saturated rings. The summed E-state index contributed by atoms with van der Waals surface area (Å²) in [4.78, 5) is 2.70. The topological polar surface area (TPSA) is 3.24 Å². The molecular formula is C12H22ClNS. The van der Waals surface area contributed by atoms with E-state index in [4.69, 9.17) is 11.6 Å². The van der Waals surface area contributed by atoms with Gasteiger partial charge in [0.25, 0.3) is 0 Å². The van der Waals surface area contributed by atoms with Crippen molar-refractivity contribution < 1.29 is 0 Å². The minimum absolute atomic E-state index is 0.388. The summed E-state index contributed by atoms with van der Waals surface area (Å²) in [5.41, 5.74) is 0.399. The molecule has 0 aromatic rings. The smallest absolute Gasteiger partial charge is 0.0353 e. The van der Waals surface area contributed by atoms with Crippen molar-refractivity contribution >= 4 is 23.4 Å². The lowest BCUT2D eigenvalue weighted by Crippen LogP contribution is -2.40. The number of thioether (sulfide) groups is 1. The molecule has 0 N–H and O–H groups in total. The van der Waals surface area contributed by atoms with E-state index >= 15 is 0 Å². The van der Waals surface area contributed by atoms with E-state index in [9.17, 15) is 0 Å². The molecule has 2 atom stereocenters. The van der Waals surface area contributed by atoms with Crippen LogP contribution in [0.15, 0.2) is 0 Å². The average molecular weight is 248 g/mol. The molecule has 2 aliphatic rings. The number of nitrogens with zero attached hydrogens (tertiary/aromatic N) is 1. The van der Waals surface area contributed by atoms with Crippen LogP contribution in [-0.2, 0) is 0 Å². The Kier molecular flexibility index (Phi) is 3.90. The van der Waals surface area contributed by atoms with Crippen molar-refractivity contribution in [3.05, 3.63) is 0 Å². The van der Waals surface area contributed by atoms with Gasteiger partial charge in [-0.15, -0.1) is 11.6 Å². The minimum Gasteiger partial charge on any atom is -0.299 e. The monoisotopic (exact) mass is 247 g/mol. The first-order valence-electron chi connectivity index (χ1n) is 6.03. The van der Waals surface area contributed by atoms with E-state index in [1.54, 1.807) is 0 Å². The van der Waals surface area contributed by atoms with Crippen molar-refractivity contribution in [2.45, 2.75) is 44.5 Å². The lowest BCUT2D eigenvalue weighted by atomic mass is 9.87. The molecule has 2 rings (SSSR count). The van der Waals surface area contributed by atoms with Crippen LogP contribution in [0.1, 0.15) is 33.1 Å². The van der Waals surface area contributed by atoms with Crippen LogP contribution in [-0.4, -0.2) is 40.9 Å². The second-order valence-electron chi connectivity index (χ2n) is 5.74.